The number of halogens is 1. The summed E-state index contributed by atoms with van der Waals surface area (Å²) in [6.45, 7) is 3.38. The molecule has 1 unspecified atom stereocenters. The molecule has 0 bridgehead atoms. The van der Waals surface area contributed by atoms with Crippen molar-refractivity contribution in [1.29, 1.82) is 0 Å². The zero-order chi connectivity index (χ0) is 19.6. The van der Waals surface area contributed by atoms with Crippen LogP contribution in [-0.4, -0.2) is 34.7 Å². The highest BCUT2D eigenvalue weighted by molar-refractivity contribution is 7.99. The molecule has 4 heteroatoms. The monoisotopic (exact) mass is 475 g/mol. The summed E-state index contributed by atoms with van der Waals surface area (Å²) in [5, 5.41) is 9.47. The number of quaternary nitrogens is 1. The van der Waals surface area contributed by atoms with Crippen LogP contribution in [0.2, 0.25) is 0 Å². The Morgan fingerprint density at radius 3 is 1.68 bits per heavy atom. The van der Waals surface area contributed by atoms with Gasteiger partial charge in [-0.25, -0.2) is 0 Å². The fraction of sp³-hybridized carbons (Fsp3) is 0.833. The maximum absolute atomic E-state index is 9.47. The molecule has 166 valence electrons. The van der Waals surface area contributed by atoms with Gasteiger partial charge in [0, 0.05) is 12.5 Å². The van der Waals surface area contributed by atoms with E-state index < -0.39 is 0 Å². The van der Waals surface area contributed by atoms with E-state index in [1.807, 2.05) is 12.3 Å². The van der Waals surface area contributed by atoms with Crippen molar-refractivity contribution in [2.24, 2.45) is 0 Å². The lowest BCUT2D eigenvalue weighted by Gasteiger charge is -2.22. The topological polar surface area (TPSA) is 20.2 Å². The highest BCUT2D eigenvalue weighted by Crippen LogP contribution is 2.18. The molecule has 28 heavy (non-hydrogen) atoms. The molecular weight excluding hydrogens is 430 g/mol. The molecule has 1 aliphatic heterocycles. The summed E-state index contributed by atoms with van der Waals surface area (Å²) >= 11 is 2.10. The smallest absolute Gasteiger partial charge is 0.175 e. The summed E-state index contributed by atoms with van der Waals surface area (Å²) in [7, 11) is 2.15. The minimum absolute atomic E-state index is 0. The Labute approximate surface area is 190 Å². The number of allylic oxidation sites excluding steroid dienone is 1. The molecule has 0 aromatic carbocycles. The van der Waals surface area contributed by atoms with Crippen molar-refractivity contribution in [2.45, 2.75) is 103 Å². The fourth-order valence-corrected chi connectivity index (χ4v) is 4.73. The molecule has 1 aliphatic rings. The van der Waals surface area contributed by atoms with Crippen LogP contribution >= 0.6 is 11.8 Å². The molecule has 1 N–H and O–H groups in total. The molecule has 0 radical (unpaired) electrons. The van der Waals surface area contributed by atoms with E-state index in [9.17, 15) is 5.11 Å². The molecule has 2 nitrogen and oxygen atoms in total. The van der Waals surface area contributed by atoms with E-state index in [1.165, 1.54) is 108 Å². The van der Waals surface area contributed by atoms with Gasteiger partial charge in [0.05, 0.1) is 13.6 Å². The van der Waals surface area contributed by atoms with Gasteiger partial charge in [-0.1, -0.05) is 90.4 Å². The molecule has 0 saturated heterocycles. The summed E-state index contributed by atoms with van der Waals surface area (Å²) in [5.41, 5.74) is 0. The van der Waals surface area contributed by atoms with Gasteiger partial charge in [-0.3, -0.25) is 4.48 Å². The quantitative estimate of drug-likeness (QED) is 0.210. The maximum Gasteiger partial charge on any atom is 0.175 e. The highest BCUT2D eigenvalue weighted by atomic mass is 79.9. The minimum Gasteiger partial charge on any atom is -1.00 e. The second-order valence-electron chi connectivity index (χ2n) is 8.50. The average molecular weight is 477 g/mol. The third-order valence-electron chi connectivity index (χ3n) is 5.58. The number of thioether (sulfide) groups is 1. The summed E-state index contributed by atoms with van der Waals surface area (Å²) in [6, 6.07) is 0. The van der Waals surface area contributed by atoms with E-state index in [4.69, 9.17) is 0 Å². The molecule has 0 saturated carbocycles. The second kappa shape index (κ2) is 19.1. The first-order valence-corrected chi connectivity index (χ1v) is 12.9. The van der Waals surface area contributed by atoms with Gasteiger partial charge in [-0.2, -0.15) is 11.8 Å². The molecule has 0 fully saturated rings. The summed E-state index contributed by atoms with van der Waals surface area (Å²) < 4.78 is 0.755. The van der Waals surface area contributed by atoms with Gasteiger partial charge < -0.3 is 22.1 Å². The van der Waals surface area contributed by atoms with Crippen LogP contribution in [0.25, 0.3) is 0 Å². The van der Waals surface area contributed by atoms with Crippen molar-refractivity contribution in [3.8, 4) is 0 Å². The largest absolute Gasteiger partial charge is 1.00 e. The van der Waals surface area contributed by atoms with Crippen LogP contribution in [0, 0.1) is 0 Å². The fourth-order valence-electron chi connectivity index (χ4n) is 3.78. The lowest BCUT2D eigenvalue weighted by molar-refractivity contribution is -0.804. The van der Waals surface area contributed by atoms with E-state index >= 15 is 0 Å². The first kappa shape index (κ1) is 28.1. The molecule has 0 spiro atoms. The van der Waals surface area contributed by atoms with E-state index in [0.29, 0.717) is 5.76 Å². The first-order chi connectivity index (χ1) is 13.2. The predicted octanol–water partition coefficient (Wildman–Crippen LogP) is 4.97. The number of aliphatic hydroxyl groups is 1. The Hall–Kier alpha value is 0.0700. The van der Waals surface area contributed by atoms with Crippen LogP contribution in [-0.2, 0) is 0 Å². The van der Waals surface area contributed by atoms with Gasteiger partial charge in [0.15, 0.2) is 5.76 Å². The molecule has 0 aliphatic carbocycles. The molecule has 0 aromatic rings. The van der Waals surface area contributed by atoms with E-state index in [2.05, 4.69) is 31.9 Å². The first-order valence-electron chi connectivity index (χ1n) is 11.7. The van der Waals surface area contributed by atoms with Crippen LogP contribution < -0.4 is 17.0 Å². The van der Waals surface area contributed by atoms with Crippen molar-refractivity contribution in [3.63, 3.8) is 0 Å². The van der Waals surface area contributed by atoms with Crippen molar-refractivity contribution < 1.29 is 26.6 Å². The van der Waals surface area contributed by atoms with E-state index in [1.54, 1.807) is 0 Å². The van der Waals surface area contributed by atoms with E-state index in [0.717, 1.165) is 11.0 Å². The molecule has 1 atom stereocenters. The number of unbranched alkanes of at least 4 members (excludes halogenated alkanes) is 13. The lowest BCUT2D eigenvalue weighted by Crippen LogP contribution is -3.00. The van der Waals surface area contributed by atoms with Gasteiger partial charge in [0.25, 0.3) is 0 Å². The van der Waals surface area contributed by atoms with Gasteiger partial charge in [0.2, 0.25) is 0 Å². The van der Waals surface area contributed by atoms with Crippen LogP contribution in [0.5, 0.6) is 0 Å². The van der Waals surface area contributed by atoms with Crippen LogP contribution in [0.15, 0.2) is 24.2 Å². The van der Waals surface area contributed by atoms with Crippen molar-refractivity contribution >= 4 is 11.8 Å². The normalized spacial score (nSPS) is 18.3. The number of nitrogens with zero attached hydrogens (tertiary/aromatic N) is 1. The molecular formula is C24H46BrNOS. The average Bonchev–Trinajstić information content (AvgIpc) is 2.99. The van der Waals surface area contributed by atoms with E-state index in [-0.39, 0.29) is 17.0 Å². The minimum atomic E-state index is 0. The third kappa shape index (κ3) is 15.9. The number of hydrogen-bond donors (Lipinski definition) is 1. The summed E-state index contributed by atoms with van der Waals surface area (Å²) in [6.07, 6.45) is 27.2. The molecule has 1 heterocycles. The Morgan fingerprint density at radius 2 is 1.21 bits per heavy atom. The zero-order valence-corrected chi connectivity index (χ0v) is 21.0. The van der Waals surface area contributed by atoms with Crippen LogP contribution in [0.1, 0.15) is 103 Å². The molecule has 0 aromatic heterocycles. The zero-order valence-electron chi connectivity index (χ0n) is 18.6. The Bertz CT molecular complexity index is 413. The van der Waals surface area contributed by atoms with Crippen molar-refractivity contribution in [3.05, 3.63) is 24.2 Å². The standard InChI is InChI=1S/C24H45NOS.BrH/c1-3-4-5-6-7-8-9-10-11-12-13-14-15-16-21-27-22-17-19-25(2)20-18-24(26)23-25;/h18,20,23H,3-17,19,21-22H2,1-2H3;1H. The van der Waals surface area contributed by atoms with Gasteiger partial charge in [0.1, 0.15) is 12.4 Å². The molecule has 1 rings (SSSR count). The number of rotatable bonds is 19. The molecule has 0 amide bonds. The highest BCUT2D eigenvalue weighted by Gasteiger charge is 2.21. The van der Waals surface area contributed by atoms with Gasteiger partial charge in [-0.05, 0) is 17.9 Å². The Balaban J connectivity index is 0.00000729. The number of aliphatic hydroxyl groups excluding tert-OH is 1. The van der Waals surface area contributed by atoms with Crippen LogP contribution in [0.4, 0.5) is 0 Å². The lowest BCUT2D eigenvalue weighted by atomic mass is 10.0. The Kier molecular flexibility index (Phi) is 19.1. The van der Waals surface area contributed by atoms with Crippen molar-refractivity contribution in [2.75, 3.05) is 25.1 Å². The van der Waals surface area contributed by atoms with Crippen LogP contribution in [0.3, 0.4) is 0 Å². The maximum atomic E-state index is 9.47. The summed E-state index contributed by atoms with van der Waals surface area (Å²) in [4.78, 5) is 0. The third-order valence-corrected chi connectivity index (χ3v) is 6.74. The number of hydrogen-bond acceptors (Lipinski definition) is 2. The van der Waals surface area contributed by atoms with Gasteiger partial charge >= 0.3 is 0 Å². The summed E-state index contributed by atoms with van der Waals surface area (Å²) in [5.74, 6) is 2.97. The van der Waals surface area contributed by atoms with Gasteiger partial charge in [-0.15, -0.1) is 0 Å². The SMILES string of the molecule is CCCCCCCCCCCCCCCCSCCC[N+]1(C)C=CC(O)=C1.[Br-]. The van der Waals surface area contributed by atoms with Crippen molar-refractivity contribution in [1.82, 2.24) is 0 Å². The predicted molar refractivity (Wildman–Crippen MR) is 123 cm³/mol. The Morgan fingerprint density at radius 1 is 0.750 bits per heavy atom. The second-order valence-corrected chi connectivity index (χ2v) is 9.73.